The van der Waals surface area contributed by atoms with Gasteiger partial charge >= 0.3 is 0 Å². The SMILES string of the molecule is CCc1ccc(C2CN=C(N)N2c2cccc(OC)c2)s1. The molecule has 1 aliphatic rings. The van der Waals surface area contributed by atoms with Crippen LogP contribution in [-0.4, -0.2) is 19.6 Å². The minimum atomic E-state index is 0.183. The van der Waals surface area contributed by atoms with E-state index in [-0.39, 0.29) is 6.04 Å². The topological polar surface area (TPSA) is 50.8 Å². The van der Waals surface area contributed by atoms with Gasteiger partial charge in [0.1, 0.15) is 5.75 Å². The van der Waals surface area contributed by atoms with Gasteiger partial charge in [-0.05, 0) is 30.7 Å². The molecule has 2 aromatic rings. The number of ether oxygens (including phenoxy) is 1. The summed E-state index contributed by atoms with van der Waals surface area (Å²) in [6.07, 6.45) is 1.06. The van der Waals surface area contributed by atoms with Gasteiger partial charge in [-0.1, -0.05) is 13.0 Å². The Labute approximate surface area is 128 Å². The van der Waals surface area contributed by atoms with E-state index in [0.29, 0.717) is 12.5 Å². The Balaban J connectivity index is 1.95. The van der Waals surface area contributed by atoms with Crippen molar-refractivity contribution >= 4 is 23.0 Å². The zero-order valence-electron chi connectivity index (χ0n) is 12.2. The summed E-state index contributed by atoms with van der Waals surface area (Å²) in [6.45, 7) is 2.88. The second-order valence-corrected chi connectivity index (χ2v) is 6.14. The number of nitrogens with two attached hydrogens (primary N) is 1. The Morgan fingerprint density at radius 2 is 2.24 bits per heavy atom. The van der Waals surface area contributed by atoms with E-state index < -0.39 is 0 Å². The summed E-state index contributed by atoms with van der Waals surface area (Å²) >= 11 is 1.84. The van der Waals surface area contributed by atoms with E-state index in [2.05, 4.69) is 28.9 Å². The van der Waals surface area contributed by atoms with E-state index in [1.54, 1.807) is 7.11 Å². The summed E-state index contributed by atoms with van der Waals surface area (Å²) in [5.74, 6) is 1.39. The van der Waals surface area contributed by atoms with Gasteiger partial charge in [0.05, 0.1) is 19.7 Å². The average molecular weight is 301 g/mol. The number of guanidine groups is 1. The van der Waals surface area contributed by atoms with Crippen molar-refractivity contribution in [2.45, 2.75) is 19.4 Å². The second-order valence-electron chi connectivity index (χ2n) is 4.94. The van der Waals surface area contributed by atoms with E-state index in [9.17, 15) is 0 Å². The van der Waals surface area contributed by atoms with Crippen LogP contribution in [0.25, 0.3) is 0 Å². The first kappa shape index (κ1) is 13.9. The lowest BCUT2D eigenvalue weighted by atomic mass is 10.2. The summed E-state index contributed by atoms with van der Waals surface area (Å²) in [5, 5.41) is 0. The van der Waals surface area contributed by atoms with Crippen LogP contribution in [0.5, 0.6) is 5.75 Å². The molecule has 2 N–H and O–H groups in total. The van der Waals surface area contributed by atoms with Crippen LogP contribution >= 0.6 is 11.3 Å². The number of thiophene rings is 1. The normalized spacial score (nSPS) is 17.9. The number of benzene rings is 1. The molecule has 0 bridgehead atoms. The molecular weight excluding hydrogens is 282 g/mol. The Morgan fingerprint density at radius 1 is 1.38 bits per heavy atom. The predicted molar refractivity (Wildman–Crippen MR) is 88.4 cm³/mol. The molecule has 21 heavy (non-hydrogen) atoms. The first-order valence-electron chi connectivity index (χ1n) is 7.04. The van der Waals surface area contributed by atoms with Gasteiger partial charge in [-0.15, -0.1) is 11.3 Å². The van der Waals surface area contributed by atoms with Crippen LogP contribution in [0.4, 0.5) is 5.69 Å². The summed E-state index contributed by atoms with van der Waals surface area (Å²) in [4.78, 5) is 9.21. The molecule has 0 radical (unpaired) electrons. The van der Waals surface area contributed by atoms with E-state index in [1.807, 2.05) is 35.6 Å². The fourth-order valence-corrected chi connectivity index (χ4v) is 3.59. The Bertz CT molecular complexity index is 665. The molecule has 0 spiro atoms. The van der Waals surface area contributed by atoms with Gasteiger partial charge < -0.3 is 15.4 Å². The first-order chi connectivity index (χ1) is 10.2. The molecule has 1 aliphatic heterocycles. The molecular formula is C16H19N3OS. The lowest BCUT2D eigenvalue weighted by Crippen LogP contribution is -2.35. The highest BCUT2D eigenvalue weighted by Crippen LogP contribution is 2.35. The Morgan fingerprint density at radius 3 is 2.95 bits per heavy atom. The fourth-order valence-electron chi connectivity index (χ4n) is 2.55. The molecule has 110 valence electrons. The number of hydrogen-bond donors (Lipinski definition) is 1. The molecule has 1 aromatic heterocycles. The van der Waals surface area contributed by atoms with Crippen LogP contribution in [0.1, 0.15) is 22.7 Å². The minimum absolute atomic E-state index is 0.183. The van der Waals surface area contributed by atoms with Gasteiger partial charge in [-0.3, -0.25) is 4.99 Å². The van der Waals surface area contributed by atoms with Crippen molar-refractivity contribution in [3.8, 4) is 5.75 Å². The molecule has 0 amide bonds. The lowest BCUT2D eigenvalue weighted by Gasteiger charge is -2.25. The highest BCUT2D eigenvalue weighted by molar-refractivity contribution is 7.12. The highest BCUT2D eigenvalue weighted by Gasteiger charge is 2.30. The lowest BCUT2D eigenvalue weighted by molar-refractivity contribution is 0.415. The van der Waals surface area contributed by atoms with Crippen LogP contribution in [0.3, 0.4) is 0 Å². The third-order valence-corrected chi connectivity index (χ3v) is 5.01. The number of aliphatic imine (C=N–C) groups is 1. The van der Waals surface area contributed by atoms with E-state index in [1.165, 1.54) is 9.75 Å². The first-order valence-corrected chi connectivity index (χ1v) is 7.86. The van der Waals surface area contributed by atoms with Crippen LogP contribution in [0.2, 0.25) is 0 Å². The zero-order chi connectivity index (χ0) is 14.8. The predicted octanol–water partition coefficient (Wildman–Crippen LogP) is 3.20. The number of nitrogens with zero attached hydrogens (tertiary/aromatic N) is 2. The maximum atomic E-state index is 6.11. The highest BCUT2D eigenvalue weighted by atomic mass is 32.1. The molecule has 0 aliphatic carbocycles. The largest absolute Gasteiger partial charge is 0.497 e. The summed E-state index contributed by atoms with van der Waals surface area (Å²) < 4.78 is 5.31. The summed E-state index contributed by atoms with van der Waals surface area (Å²) in [7, 11) is 1.67. The second kappa shape index (κ2) is 5.77. The van der Waals surface area contributed by atoms with Crippen LogP contribution < -0.4 is 15.4 Å². The summed E-state index contributed by atoms with van der Waals surface area (Å²) in [5.41, 5.74) is 7.13. The van der Waals surface area contributed by atoms with Crippen molar-refractivity contribution in [2.75, 3.05) is 18.6 Å². The van der Waals surface area contributed by atoms with Gasteiger partial charge in [0.15, 0.2) is 5.96 Å². The van der Waals surface area contributed by atoms with Crippen LogP contribution in [0.15, 0.2) is 41.4 Å². The Kier molecular flexibility index (Phi) is 3.84. The molecule has 0 saturated heterocycles. The van der Waals surface area contributed by atoms with E-state index in [0.717, 1.165) is 17.9 Å². The number of anilines is 1. The van der Waals surface area contributed by atoms with Gasteiger partial charge in [-0.2, -0.15) is 0 Å². The van der Waals surface area contributed by atoms with Gasteiger partial charge in [0.25, 0.3) is 0 Å². The number of aryl methyl sites for hydroxylation is 1. The number of methoxy groups -OCH3 is 1. The van der Waals surface area contributed by atoms with Gasteiger partial charge in [0.2, 0.25) is 0 Å². The van der Waals surface area contributed by atoms with Crippen molar-refractivity contribution in [2.24, 2.45) is 10.7 Å². The molecule has 2 heterocycles. The van der Waals surface area contributed by atoms with Gasteiger partial charge in [-0.25, -0.2) is 0 Å². The monoisotopic (exact) mass is 301 g/mol. The Hall–Kier alpha value is -2.01. The van der Waals surface area contributed by atoms with Crippen molar-refractivity contribution in [3.63, 3.8) is 0 Å². The smallest absolute Gasteiger partial charge is 0.196 e. The molecule has 0 saturated carbocycles. The van der Waals surface area contributed by atoms with Crippen molar-refractivity contribution in [3.05, 3.63) is 46.2 Å². The number of hydrogen-bond acceptors (Lipinski definition) is 5. The van der Waals surface area contributed by atoms with Gasteiger partial charge in [0, 0.05) is 21.5 Å². The molecule has 4 nitrogen and oxygen atoms in total. The van der Waals surface area contributed by atoms with E-state index in [4.69, 9.17) is 10.5 Å². The summed E-state index contributed by atoms with van der Waals surface area (Å²) in [6, 6.07) is 12.5. The van der Waals surface area contributed by atoms with Crippen molar-refractivity contribution < 1.29 is 4.74 Å². The molecule has 0 fully saturated rings. The molecule has 1 unspecified atom stereocenters. The third-order valence-electron chi connectivity index (χ3n) is 3.68. The minimum Gasteiger partial charge on any atom is -0.497 e. The fraction of sp³-hybridized carbons (Fsp3) is 0.312. The number of rotatable bonds is 4. The zero-order valence-corrected chi connectivity index (χ0v) is 13.1. The van der Waals surface area contributed by atoms with Crippen LogP contribution in [0, 0.1) is 0 Å². The quantitative estimate of drug-likeness (QED) is 0.943. The molecule has 3 rings (SSSR count). The molecule has 5 heteroatoms. The average Bonchev–Trinajstić information content (AvgIpc) is 3.13. The molecule has 1 aromatic carbocycles. The van der Waals surface area contributed by atoms with Crippen molar-refractivity contribution in [1.82, 2.24) is 0 Å². The molecule has 1 atom stereocenters. The standard InChI is InChI=1S/C16H19N3OS/c1-3-13-7-8-15(21-13)14-10-18-16(17)19(14)11-5-4-6-12(9-11)20-2/h4-9,14H,3,10H2,1-2H3,(H2,17,18). The third kappa shape index (κ3) is 2.61. The van der Waals surface area contributed by atoms with E-state index >= 15 is 0 Å². The van der Waals surface area contributed by atoms with Crippen molar-refractivity contribution in [1.29, 1.82) is 0 Å². The maximum absolute atomic E-state index is 6.11. The van der Waals surface area contributed by atoms with Crippen LogP contribution in [-0.2, 0) is 6.42 Å². The maximum Gasteiger partial charge on any atom is 0.196 e.